The van der Waals surface area contributed by atoms with Crippen LogP contribution in [0, 0.1) is 11.8 Å². The van der Waals surface area contributed by atoms with E-state index < -0.39 is 23.0 Å². The Morgan fingerprint density at radius 3 is 1.91 bits per heavy atom. The number of ketones is 1. The summed E-state index contributed by atoms with van der Waals surface area (Å²) in [6.45, 7) is 5.19. The minimum Gasteiger partial charge on any atom is -0.359 e. The van der Waals surface area contributed by atoms with E-state index in [2.05, 4.69) is 0 Å². The standard InChI is InChI=1S/C18H17NO4/c1-10(20)11-4-6-12(7-5-11)19-15(21)13-14(16(19)22)18(3)9-8-17(13,2)23-18/h4-9,13-14H,1-3H3/t13-,14-,17+,18+/m0/s1. The van der Waals surface area contributed by atoms with E-state index in [0.29, 0.717) is 11.3 Å². The van der Waals surface area contributed by atoms with Crippen molar-refractivity contribution in [3.63, 3.8) is 0 Å². The van der Waals surface area contributed by atoms with E-state index in [4.69, 9.17) is 4.74 Å². The number of nitrogens with zero attached hydrogens (tertiary/aromatic N) is 1. The smallest absolute Gasteiger partial charge is 0.241 e. The summed E-state index contributed by atoms with van der Waals surface area (Å²) in [5.74, 6) is -1.49. The van der Waals surface area contributed by atoms with Crippen LogP contribution in [0.15, 0.2) is 36.4 Å². The van der Waals surface area contributed by atoms with Crippen molar-refractivity contribution in [2.75, 3.05) is 4.90 Å². The van der Waals surface area contributed by atoms with Crippen LogP contribution in [0.25, 0.3) is 0 Å². The monoisotopic (exact) mass is 311 g/mol. The zero-order valence-electron chi connectivity index (χ0n) is 13.2. The second-order valence-corrected chi connectivity index (χ2v) is 6.87. The van der Waals surface area contributed by atoms with Crippen LogP contribution in [-0.4, -0.2) is 28.8 Å². The van der Waals surface area contributed by atoms with Gasteiger partial charge in [-0.2, -0.15) is 0 Å². The molecule has 4 atom stereocenters. The first-order chi connectivity index (χ1) is 10.8. The van der Waals surface area contributed by atoms with Crippen molar-refractivity contribution in [3.05, 3.63) is 42.0 Å². The number of benzene rings is 1. The summed E-state index contributed by atoms with van der Waals surface area (Å²) in [6.07, 6.45) is 3.78. The molecule has 5 nitrogen and oxygen atoms in total. The van der Waals surface area contributed by atoms with Gasteiger partial charge in [0.05, 0.1) is 28.7 Å². The van der Waals surface area contributed by atoms with Crippen molar-refractivity contribution in [2.24, 2.45) is 11.8 Å². The van der Waals surface area contributed by atoms with Crippen LogP contribution >= 0.6 is 0 Å². The van der Waals surface area contributed by atoms with Crippen LogP contribution in [-0.2, 0) is 14.3 Å². The minimum atomic E-state index is -0.722. The molecule has 2 saturated heterocycles. The lowest BCUT2D eigenvalue weighted by atomic mass is 9.73. The Kier molecular flexibility index (Phi) is 2.60. The fourth-order valence-electron chi connectivity index (χ4n) is 4.13. The van der Waals surface area contributed by atoms with E-state index in [1.54, 1.807) is 24.3 Å². The number of ether oxygens (including phenoxy) is 1. The van der Waals surface area contributed by atoms with Gasteiger partial charge in [-0.05, 0) is 45.0 Å². The molecule has 0 saturated carbocycles. The van der Waals surface area contributed by atoms with Crippen molar-refractivity contribution >= 4 is 23.3 Å². The quantitative estimate of drug-likeness (QED) is 0.477. The fourth-order valence-corrected chi connectivity index (χ4v) is 4.13. The Morgan fingerprint density at radius 1 is 1.00 bits per heavy atom. The molecular formula is C18H17NO4. The molecule has 1 aromatic rings. The number of rotatable bonds is 2. The lowest BCUT2D eigenvalue weighted by Gasteiger charge is -2.25. The molecule has 2 bridgehead atoms. The van der Waals surface area contributed by atoms with Gasteiger partial charge in [0, 0.05) is 5.56 Å². The lowest BCUT2D eigenvalue weighted by Crippen LogP contribution is -2.39. The van der Waals surface area contributed by atoms with Crippen molar-refractivity contribution in [3.8, 4) is 0 Å². The first kappa shape index (κ1) is 14.3. The van der Waals surface area contributed by atoms with Crippen molar-refractivity contribution in [1.82, 2.24) is 0 Å². The van der Waals surface area contributed by atoms with Gasteiger partial charge in [-0.25, -0.2) is 4.90 Å². The highest BCUT2D eigenvalue weighted by atomic mass is 16.5. The first-order valence-electron chi connectivity index (χ1n) is 7.66. The van der Waals surface area contributed by atoms with Gasteiger partial charge in [-0.1, -0.05) is 12.2 Å². The molecule has 5 heteroatoms. The average molecular weight is 311 g/mol. The van der Waals surface area contributed by atoms with E-state index >= 15 is 0 Å². The molecular weight excluding hydrogens is 294 g/mol. The first-order valence-corrected chi connectivity index (χ1v) is 7.66. The Bertz CT molecular complexity index is 745. The Hall–Kier alpha value is -2.27. The lowest BCUT2D eigenvalue weighted by molar-refractivity contribution is -0.128. The average Bonchev–Trinajstić information content (AvgIpc) is 3.04. The molecule has 3 aliphatic rings. The van der Waals surface area contributed by atoms with Crippen LogP contribution in [0.3, 0.4) is 0 Å². The summed E-state index contributed by atoms with van der Waals surface area (Å²) in [5.41, 5.74) is -0.386. The molecule has 23 heavy (non-hydrogen) atoms. The predicted molar refractivity (Wildman–Crippen MR) is 83.0 cm³/mol. The molecule has 3 aliphatic heterocycles. The third-order valence-corrected chi connectivity index (χ3v) is 5.26. The number of imide groups is 1. The maximum Gasteiger partial charge on any atom is 0.241 e. The molecule has 2 amide bonds. The van der Waals surface area contributed by atoms with Gasteiger partial charge in [0.25, 0.3) is 0 Å². The van der Waals surface area contributed by atoms with Gasteiger partial charge in [-0.15, -0.1) is 0 Å². The summed E-state index contributed by atoms with van der Waals surface area (Å²) < 4.78 is 5.97. The molecule has 0 radical (unpaired) electrons. The maximum absolute atomic E-state index is 12.9. The maximum atomic E-state index is 12.9. The summed E-state index contributed by atoms with van der Waals surface area (Å²) in [6, 6.07) is 6.57. The Morgan fingerprint density at radius 2 is 1.48 bits per heavy atom. The van der Waals surface area contributed by atoms with E-state index in [1.807, 2.05) is 26.0 Å². The van der Waals surface area contributed by atoms with Gasteiger partial charge >= 0.3 is 0 Å². The molecule has 3 heterocycles. The van der Waals surface area contributed by atoms with E-state index in [9.17, 15) is 14.4 Å². The summed E-state index contributed by atoms with van der Waals surface area (Å²) in [7, 11) is 0. The van der Waals surface area contributed by atoms with Crippen LogP contribution in [0.5, 0.6) is 0 Å². The SMILES string of the molecule is CC(=O)c1ccc(N2C(=O)[C@@H]3[C@@H](C2=O)[C@@]2(C)C=C[C@@]3(C)O2)cc1. The molecule has 0 aliphatic carbocycles. The third-order valence-electron chi connectivity index (χ3n) is 5.26. The topological polar surface area (TPSA) is 63.7 Å². The molecule has 0 aromatic heterocycles. The Labute approximate surface area is 133 Å². The molecule has 0 N–H and O–H groups in total. The van der Waals surface area contributed by atoms with Crippen LogP contribution in [0.2, 0.25) is 0 Å². The van der Waals surface area contributed by atoms with Crippen molar-refractivity contribution in [2.45, 2.75) is 32.0 Å². The summed E-state index contributed by atoms with van der Waals surface area (Å²) in [4.78, 5) is 38.4. The zero-order chi connectivity index (χ0) is 16.6. The fraction of sp³-hybridized carbons (Fsp3) is 0.389. The van der Waals surface area contributed by atoms with Gasteiger partial charge in [0.2, 0.25) is 11.8 Å². The third kappa shape index (κ3) is 1.68. The molecule has 118 valence electrons. The van der Waals surface area contributed by atoms with Gasteiger partial charge in [0.1, 0.15) is 0 Å². The molecule has 2 fully saturated rings. The number of hydrogen-bond acceptors (Lipinski definition) is 4. The van der Waals surface area contributed by atoms with Crippen LogP contribution < -0.4 is 4.90 Å². The van der Waals surface area contributed by atoms with Crippen LogP contribution in [0.4, 0.5) is 5.69 Å². The predicted octanol–water partition coefficient (Wildman–Crippen LogP) is 2.11. The van der Waals surface area contributed by atoms with E-state index in [1.165, 1.54) is 11.8 Å². The molecule has 4 rings (SSSR count). The highest BCUT2D eigenvalue weighted by Crippen LogP contribution is 2.57. The molecule has 1 aromatic carbocycles. The zero-order valence-corrected chi connectivity index (χ0v) is 13.2. The second-order valence-electron chi connectivity index (χ2n) is 6.87. The van der Waals surface area contributed by atoms with Crippen LogP contribution in [0.1, 0.15) is 31.1 Å². The number of anilines is 1. The largest absolute Gasteiger partial charge is 0.359 e. The van der Waals surface area contributed by atoms with E-state index in [-0.39, 0.29) is 17.6 Å². The molecule has 0 unspecified atom stereocenters. The molecule has 0 spiro atoms. The summed E-state index contributed by atoms with van der Waals surface area (Å²) in [5, 5.41) is 0. The summed E-state index contributed by atoms with van der Waals surface area (Å²) >= 11 is 0. The normalized spacial score (nSPS) is 37.6. The van der Waals surface area contributed by atoms with Gasteiger partial charge in [0.15, 0.2) is 5.78 Å². The number of fused-ring (bicyclic) bond motifs is 5. The minimum absolute atomic E-state index is 0.0526. The second kappa shape index (κ2) is 4.17. The van der Waals surface area contributed by atoms with Gasteiger partial charge in [-0.3, -0.25) is 14.4 Å². The highest BCUT2D eigenvalue weighted by molar-refractivity contribution is 6.23. The number of carbonyl (C=O) groups is 3. The number of Topliss-reactive ketones (excluding diaryl/α,β-unsaturated/α-hetero) is 1. The van der Waals surface area contributed by atoms with E-state index in [0.717, 1.165) is 0 Å². The number of carbonyl (C=O) groups excluding carboxylic acids is 3. The van der Waals surface area contributed by atoms with Gasteiger partial charge < -0.3 is 4.74 Å². The number of amides is 2. The van der Waals surface area contributed by atoms with Crippen molar-refractivity contribution < 1.29 is 19.1 Å². The highest BCUT2D eigenvalue weighted by Gasteiger charge is 2.70. The Balaban J connectivity index is 1.75. The van der Waals surface area contributed by atoms with Crippen molar-refractivity contribution in [1.29, 1.82) is 0 Å². The number of hydrogen-bond donors (Lipinski definition) is 0.